The van der Waals surface area contributed by atoms with Gasteiger partial charge in [-0.15, -0.1) is 0 Å². The molecule has 43 heavy (non-hydrogen) atoms. The Labute approximate surface area is 244 Å². The van der Waals surface area contributed by atoms with Crippen LogP contribution >= 0.6 is 0 Å². The first-order valence-electron chi connectivity index (χ1n) is 13.9. The smallest absolute Gasteiger partial charge is 0.331 e. The molecule has 3 fully saturated rings. The van der Waals surface area contributed by atoms with Gasteiger partial charge in [0.15, 0.2) is 11.9 Å². The number of nitrogens with one attached hydrogen (secondary N) is 1. The Hall–Kier alpha value is -5.20. The third kappa shape index (κ3) is 4.86. The number of carbonyl (C=O) groups is 4. The number of benzene rings is 1. The summed E-state index contributed by atoms with van der Waals surface area (Å²) in [6, 6.07) is 7.41. The molecule has 1 aliphatic heterocycles. The summed E-state index contributed by atoms with van der Waals surface area (Å²) in [5, 5.41) is 2.79. The molecule has 1 aromatic carbocycles. The number of urea groups is 1. The molecule has 0 bridgehead atoms. The quantitative estimate of drug-likeness (QED) is 0.182. The summed E-state index contributed by atoms with van der Waals surface area (Å²) in [7, 11) is 1.44. The topological polar surface area (TPSA) is 156 Å². The van der Waals surface area contributed by atoms with Gasteiger partial charge in [0.1, 0.15) is 23.9 Å². The number of hydrogen-bond acceptors (Lipinski definition) is 8. The van der Waals surface area contributed by atoms with E-state index in [9.17, 15) is 23.6 Å². The van der Waals surface area contributed by atoms with Crippen LogP contribution < -0.4 is 16.0 Å². The highest BCUT2D eigenvalue weighted by atomic mass is 19.1. The number of carbonyl (C=O) groups excluding carboxylic acids is 4. The fourth-order valence-corrected chi connectivity index (χ4v) is 5.85. The zero-order valence-electron chi connectivity index (χ0n) is 23.1. The van der Waals surface area contributed by atoms with E-state index in [1.165, 1.54) is 30.1 Å². The van der Waals surface area contributed by atoms with Crippen molar-refractivity contribution in [1.29, 1.82) is 0 Å². The highest BCUT2D eigenvalue weighted by Crippen LogP contribution is 2.51. The summed E-state index contributed by atoms with van der Waals surface area (Å²) in [6.07, 6.45) is 8.14. The number of halogens is 1. The van der Waals surface area contributed by atoms with Crippen molar-refractivity contribution in [2.45, 2.75) is 31.1 Å². The minimum atomic E-state index is -0.536. The molecule has 12 nitrogen and oxygen atoms in total. The maximum atomic E-state index is 13.4. The van der Waals surface area contributed by atoms with E-state index < -0.39 is 11.8 Å². The molecule has 2 aliphatic carbocycles. The lowest BCUT2D eigenvalue weighted by Crippen LogP contribution is -2.30. The zero-order chi connectivity index (χ0) is 30.0. The molecule has 1 saturated heterocycles. The fourth-order valence-electron chi connectivity index (χ4n) is 5.85. The number of aldehydes is 1. The average Bonchev–Trinajstić information content (AvgIpc) is 3.90. The number of nitrogens with two attached hydrogens (primary N) is 1. The van der Waals surface area contributed by atoms with E-state index in [0.29, 0.717) is 47.9 Å². The van der Waals surface area contributed by atoms with Gasteiger partial charge in [-0.25, -0.2) is 24.1 Å². The Morgan fingerprint density at radius 1 is 1.14 bits per heavy atom. The summed E-state index contributed by atoms with van der Waals surface area (Å²) >= 11 is 0. The molecule has 4 amide bonds. The first-order chi connectivity index (χ1) is 20.7. The number of hydrogen-bond donors (Lipinski definition) is 2. The standard InChI is InChI=1S/C30H27FN8O4/c1-37-26(41)13-39(30(37)43)25-8-16(11-38-12-19(14-40)35-28(25)38)20-7-15(20)6-18-4-5-33-27(34-18)21-10-22(21)29(42)36-17-2-3-23(31)24(32)9-17/h2-5,8-9,11-12,14-15,20-22H,6-7,10,13,32H2,1H3,(H,36,42)/t15?,20?,21-,22-/m0/s1. The van der Waals surface area contributed by atoms with Gasteiger partial charge in [0.25, 0.3) is 0 Å². The number of pyridine rings is 1. The van der Waals surface area contributed by atoms with Gasteiger partial charge in [-0.2, -0.15) is 0 Å². The van der Waals surface area contributed by atoms with Gasteiger partial charge in [-0.1, -0.05) is 0 Å². The van der Waals surface area contributed by atoms with Gasteiger partial charge in [0, 0.05) is 48.9 Å². The minimum Gasteiger partial charge on any atom is -0.396 e. The maximum absolute atomic E-state index is 13.4. The third-order valence-corrected chi connectivity index (χ3v) is 8.44. The molecule has 3 aliphatic rings. The van der Waals surface area contributed by atoms with Gasteiger partial charge in [-0.3, -0.25) is 24.2 Å². The maximum Gasteiger partial charge on any atom is 0.331 e. The Balaban J connectivity index is 1.05. The van der Waals surface area contributed by atoms with Crippen molar-refractivity contribution < 1.29 is 23.6 Å². The van der Waals surface area contributed by atoms with E-state index in [1.54, 1.807) is 16.8 Å². The summed E-state index contributed by atoms with van der Waals surface area (Å²) in [6.45, 7) is -0.0896. The van der Waals surface area contributed by atoms with E-state index >= 15 is 0 Å². The Kier molecular flexibility index (Phi) is 6.18. The number of nitrogens with zero attached hydrogens (tertiary/aromatic N) is 6. The highest BCUT2D eigenvalue weighted by Gasteiger charge is 2.46. The number of aromatic nitrogens is 4. The predicted molar refractivity (Wildman–Crippen MR) is 153 cm³/mol. The molecular formula is C30H27FN8O4. The number of imidazole rings is 1. The molecule has 4 heterocycles. The molecule has 3 aromatic heterocycles. The van der Waals surface area contributed by atoms with E-state index in [-0.39, 0.29) is 47.5 Å². The summed E-state index contributed by atoms with van der Waals surface area (Å²) < 4.78 is 15.2. The number of fused-ring (bicyclic) bond motifs is 1. The average molecular weight is 583 g/mol. The number of anilines is 3. The number of amides is 4. The van der Waals surface area contributed by atoms with E-state index in [4.69, 9.17) is 10.7 Å². The molecule has 13 heteroatoms. The van der Waals surface area contributed by atoms with Crippen LogP contribution in [0.3, 0.4) is 0 Å². The Morgan fingerprint density at radius 2 is 1.98 bits per heavy atom. The van der Waals surface area contributed by atoms with Crippen LogP contribution in [0, 0.1) is 17.7 Å². The molecule has 3 N–H and O–H groups in total. The van der Waals surface area contributed by atoms with Crippen LogP contribution in [0.2, 0.25) is 0 Å². The van der Waals surface area contributed by atoms with E-state index in [1.807, 2.05) is 18.3 Å². The van der Waals surface area contributed by atoms with Crippen molar-refractivity contribution in [3.05, 3.63) is 77.5 Å². The molecule has 4 atom stereocenters. The number of nitrogen functional groups attached to an aromatic ring is 1. The SMILES string of the molecule is CN1C(=O)CN(c2cc(C3CC3Cc3ccnc([C@H]4C[C@@H]4C(=O)Nc4ccc(F)c(N)c4)n3)cn3cc(C=O)nc23)C1=O. The Bertz CT molecular complexity index is 1840. The predicted octanol–water partition coefficient (Wildman–Crippen LogP) is 3.14. The van der Waals surface area contributed by atoms with Crippen LogP contribution in [0.5, 0.6) is 0 Å². The van der Waals surface area contributed by atoms with Crippen molar-refractivity contribution in [2.75, 3.05) is 29.5 Å². The normalized spacial score (nSPS) is 22.7. The van der Waals surface area contributed by atoms with Crippen molar-refractivity contribution in [2.24, 2.45) is 11.8 Å². The van der Waals surface area contributed by atoms with Gasteiger partial charge in [0.05, 0.1) is 11.4 Å². The van der Waals surface area contributed by atoms with Gasteiger partial charge < -0.3 is 15.5 Å². The van der Waals surface area contributed by atoms with Crippen LogP contribution in [0.15, 0.2) is 48.9 Å². The van der Waals surface area contributed by atoms with Gasteiger partial charge in [0.2, 0.25) is 11.8 Å². The second-order valence-electron chi connectivity index (χ2n) is 11.4. The lowest BCUT2D eigenvalue weighted by molar-refractivity contribution is -0.124. The zero-order valence-corrected chi connectivity index (χ0v) is 23.1. The van der Waals surface area contributed by atoms with Gasteiger partial charge in [-0.05, 0) is 67.0 Å². The summed E-state index contributed by atoms with van der Waals surface area (Å²) in [5.41, 5.74) is 9.04. The monoisotopic (exact) mass is 582 g/mol. The van der Waals surface area contributed by atoms with Crippen LogP contribution in [0.4, 0.5) is 26.2 Å². The highest BCUT2D eigenvalue weighted by molar-refractivity contribution is 6.13. The van der Waals surface area contributed by atoms with Crippen LogP contribution in [0.25, 0.3) is 5.65 Å². The van der Waals surface area contributed by atoms with Crippen LogP contribution in [-0.2, 0) is 16.0 Å². The number of likely N-dealkylation sites (N-methyl/N-ethyl adjacent to an activating group) is 1. The molecule has 2 unspecified atom stereocenters. The summed E-state index contributed by atoms with van der Waals surface area (Å²) in [5.74, 6) is -0.282. The third-order valence-electron chi connectivity index (χ3n) is 8.44. The van der Waals surface area contributed by atoms with Crippen molar-refractivity contribution in [1.82, 2.24) is 24.3 Å². The molecular weight excluding hydrogens is 555 g/mol. The van der Waals surface area contributed by atoms with Crippen molar-refractivity contribution in [3.63, 3.8) is 0 Å². The minimum absolute atomic E-state index is 0.0290. The van der Waals surface area contributed by atoms with Crippen LogP contribution in [-0.4, -0.2) is 62.0 Å². The molecule has 4 aromatic rings. The molecule has 0 radical (unpaired) electrons. The largest absolute Gasteiger partial charge is 0.396 e. The molecule has 0 spiro atoms. The second-order valence-corrected chi connectivity index (χ2v) is 11.4. The summed E-state index contributed by atoms with van der Waals surface area (Å²) in [4.78, 5) is 65.2. The van der Waals surface area contributed by atoms with Crippen molar-refractivity contribution in [3.8, 4) is 0 Å². The van der Waals surface area contributed by atoms with Gasteiger partial charge >= 0.3 is 6.03 Å². The lowest BCUT2D eigenvalue weighted by atomic mass is 10.1. The Morgan fingerprint density at radius 3 is 2.72 bits per heavy atom. The number of imide groups is 1. The lowest BCUT2D eigenvalue weighted by Gasteiger charge is -2.17. The van der Waals surface area contributed by atoms with E-state index in [0.717, 1.165) is 22.6 Å². The molecule has 218 valence electrons. The molecule has 2 saturated carbocycles. The fraction of sp³-hybridized carbons (Fsp3) is 0.300. The number of rotatable bonds is 8. The first kappa shape index (κ1) is 26.7. The van der Waals surface area contributed by atoms with Crippen molar-refractivity contribution >= 4 is 46.8 Å². The van der Waals surface area contributed by atoms with Crippen LogP contribution in [0.1, 0.15) is 52.2 Å². The molecule has 7 rings (SSSR count). The second kappa shape index (κ2) is 9.96. The first-order valence-corrected chi connectivity index (χ1v) is 13.9. The van der Waals surface area contributed by atoms with E-state index in [2.05, 4.69) is 15.3 Å².